The molecule has 5 nitrogen and oxygen atoms in total. The van der Waals surface area contributed by atoms with Crippen LogP contribution < -0.4 is 0 Å². The van der Waals surface area contributed by atoms with Crippen molar-refractivity contribution in [3.05, 3.63) is 18.5 Å². The van der Waals surface area contributed by atoms with Crippen LogP contribution in [-0.4, -0.2) is 44.9 Å². The topological polar surface area (TPSA) is 58.4 Å². The molecule has 0 aromatic carbocycles. The van der Waals surface area contributed by atoms with E-state index in [1.165, 1.54) is 0 Å². The van der Waals surface area contributed by atoms with Gasteiger partial charge in [0.15, 0.2) is 0 Å². The van der Waals surface area contributed by atoms with E-state index in [-0.39, 0.29) is 24.6 Å². The first kappa shape index (κ1) is 11.1. The zero-order valence-corrected chi connectivity index (χ0v) is 9.41. The minimum atomic E-state index is -0.290. The van der Waals surface area contributed by atoms with Crippen molar-refractivity contribution >= 4 is 5.91 Å². The van der Waals surface area contributed by atoms with E-state index in [9.17, 15) is 9.90 Å². The number of amides is 1. The van der Waals surface area contributed by atoms with Gasteiger partial charge in [0, 0.05) is 18.9 Å². The summed E-state index contributed by atoms with van der Waals surface area (Å²) in [5.41, 5.74) is 0. The highest BCUT2D eigenvalue weighted by Crippen LogP contribution is 2.20. The lowest BCUT2D eigenvalue weighted by molar-refractivity contribution is -0.136. The molecule has 1 unspecified atom stereocenters. The van der Waals surface area contributed by atoms with Crippen molar-refractivity contribution in [2.75, 3.05) is 13.2 Å². The van der Waals surface area contributed by atoms with Crippen LogP contribution in [0.15, 0.2) is 18.5 Å². The number of hydrogen-bond acceptors (Lipinski definition) is 3. The van der Waals surface area contributed by atoms with Gasteiger partial charge in [0.1, 0.15) is 6.04 Å². The number of aliphatic hydroxyl groups excluding tert-OH is 1. The predicted molar refractivity (Wildman–Crippen MR) is 58.8 cm³/mol. The number of aromatic nitrogens is 2. The molecule has 0 spiro atoms. The summed E-state index contributed by atoms with van der Waals surface area (Å²) in [6, 6.07) is 1.50. The Morgan fingerprint density at radius 2 is 2.50 bits per heavy atom. The van der Waals surface area contributed by atoms with Gasteiger partial charge >= 0.3 is 0 Å². The van der Waals surface area contributed by atoms with Crippen molar-refractivity contribution in [2.24, 2.45) is 0 Å². The molecule has 1 saturated heterocycles. The summed E-state index contributed by atoms with van der Waals surface area (Å²) in [4.78, 5) is 13.9. The van der Waals surface area contributed by atoms with E-state index in [0.29, 0.717) is 0 Å². The molecule has 2 atom stereocenters. The van der Waals surface area contributed by atoms with E-state index in [0.717, 1.165) is 19.4 Å². The molecule has 5 heteroatoms. The van der Waals surface area contributed by atoms with Gasteiger partial charge in [-0.3, -0.25) is 9.48 Å². The van der Waals surface area contributed by atoms with Crippen LogP contribution >= 0.6 is 0 Å². The molecule has 16 heavy (non-hydrogen) atoms. The van der Waals surface area contributed by atoms with Gasteiger partial charge in [0.2, 0.25) is 5.91 Å². The van der Waals surface area contributed by atoms with Crippen LogP contribution in [0.25, 0.3) is 0 Å². The highest BCUT2D eigenvalue weighted by molar-refractivity contribution is 5.80. The second-order valence-corrected chi connectivity index (χ2v) is 4.17. The van der Waals surface area contributed by atoms with Gasteiger partial charge in [-0.15, -0.1) is 0 Å². The monoisotopic (exact) mass is 223 g/mol. The van der Waals surface area contributed by atoms with Crippen molar-refractivity contribution in [3.8, 4) is 0 Å². The summed E-state index contributed by atoms with van der Waals surface area (Å²) >= 11 is 0. The molecule has 1 fully saturated rings. The van der Waals surface area contributed by atoms with Crippen molar-refractivity contribution in [2.45, 2.75) is 31.8 Å². The van der Waals surface area contributed by atoms with E-state index in [4.69, 9.17) is 0 Å². The molecule has 2 rings (SSSR count). The van der Waals surface area contributed by atoms with Crippen LogP contribution in [0.3, 0.4) is 0 Å². The molecule has 0 radical (unpaired) electrons. The average Bonchev–Trinajstić information content (AvgIpc) is 2.97. The summed E-state index contributed by atoms with van der Waals surface area (Å²) in [6.45, 7) is 2.63. The molecule has 0 saturated carbocycles. The lowest BCUT2D eigenvalue weighted by atomic mass is 10.2. The van der Waals surface area contributed by atoms with Gasteiger partial charge in [-0.1, -0.05) is 0 Å². The number of carbonyl (C=O) groups is 1. The van der Waals surface area contributed by atoms with E-state index >= 15 is 0 Å². The Balaban J connectivity index is 2.07. The number of hydrogen-bond donors (Lipinski definition) is 1. The zero-order valence-electron chi connectivity index (χ0n) is 9.41. The molecular formula is C11H17N3O2. The van der Waals surface area contributed by atoms with Crippen molar-refractivity contribution in [3.63, 3.8) is 0 Å². The maximum Gasteiger partial charge on any atom is 0.247 e. The SMILES string of the molecule is CC(C(=O)N1CCC[C@H]1CO)n1cccn1. The van der Waals surface area contributed by atoms with Crippen LogP contribution in [0.1, 0.15) is 25.8 Å². The van der Waals surface area contributed by atoms with Gasteiger partial charge in [0.05, 0.1) is 12.6 Å². The fourth-order valence-corrected chi connectivity index (χ4v) is 2.18. The fraction of sp³-hybridized carbons (Fsp3) is 0.636. The molecule has 1 aliphatic heterocycles. The van der Waals surface area contributed by atoms with Crippen LogP contribution in [-0.2, 0) is 4.79 Å². The summed E-state index contributed by atoms with van der Waals surface area (Å²) in [5.74, 6) is 0.0419. The minimum Gasteiger partial charge on any atom is -0.394 e. The van der Waals surface area contributed by atoms with Crippen molar-refractivity contribution < 1.29 is 9.90 Å². The van der Waals surface area contributed by atoms with Gasteiger partial charge in [-0.05, 0) is 25.8 Å². The first-order chi connectivity index (χ1) is 7.74. The Morgan fingerprint density at radius 3 is 3.12 bits per heavy atom. The second kappa shape index (κ2) is 4.65. The molecule has 1 N–H and O–H groups in total. The van der Waals surface area contributed by atoms with Crippen LogP contribution in [0, 0.1) is 0 Å². The number of likely N-dealkylation sites (tertiary alicyclic amines) is 1. The third kappa shape index (κ3) is 1.95. The largest absolute Gasteiger partial charge is 0.394 e. The molecule has 88 valence electrons. The first-order valence-corrected chi connectivity index (χ1v) is 5.64. The quantitative estimate of drug-likeness (QED) is 0.808. The standard InChI is InChI=1S/C11H17N3O2/c1-9(14-7-3-5-12-14)11(16)13-6-2-4-10(13)8-15/h3,5,7,9-10,15H,2,4,6,8H2,1H3/t9?,10-/m0/s1. The highest BCUT2D eigenvalue weighted by atomic mass is 16.3. The molecular weight excluding hydrogens is 206 g/mol. The maximum absolute atomic E-state index is 12.2. The first-order valence-electron chi connectivity index (χ1n) is 5.64. The summed E-state index contributed by atoms with van der Waals surface area (Å²) in [5, 5.41) is 13.2. The molecule has 2 heterocycles. The summed E-state index contributed by atoms with van der Waals surface area (Å²) < 4.78 is 1.65. The maximum atomic E-state index is 12.2. The average molecular weight is 223 g/mol. The summed E-state index contributed by atoms with van der Waals surface area (Å²) in [6.07, 6.45) is 5.32. The van der Waals surface area contributed by atoms with Gasteiger partial charge in [0.25, 0.3) is 0 Å². The smallest absolute Gasteiger partial charge is 0.247 e. The minimum absolute atomic E-state index is 0.00878. The predicted octanol–water partition coefficient (Wildman–Crippen LogP) is 0.427. The number of rotatable bonds is 3. The lowest BCUT2D eigenvalue weighted by Crippen LogP contribution is -2.41. The molecule has 1 aromatic heterocycles. The Bertz CT molecular complexity index is 350. The highest BCUT2D eigenvalue weighted by Gasteiger charge is 2.31. The number of aliphatic hydroxyl groups is 1. The van der Waals surface area contributed by atoms with Gasteiger partial charge in [-0.2, -0.15) is 5.10 Å². The fourth-order valence-electron chi connectivity index (χ4n) is 2.18. The Morgan fingerprint density at radius 1 is 1.69 bits per heavy atom. The Kier molecular flexibility index (Phi) is 3.24. The number of nitrogens with zero attached hydrogens (tertiary/aromatic N) is 3. The van der Waals surface area contributed by atoms with E-state index in [2.05, 4.69) is 5.10 Å². The van der Waals surface area contributed by atoms with Crippen molar-refractivity contribution in [1.82, 2.24) is 14.7 Å². The van der Waals surface area contributed by atoms with Gasteiger partial charge in [-0.25, -0.2) is 0 Å². The lowest BCUT2D eigenvalue weighted by Gasteiger charge is -2.26. The van der Waals surface area contributed by atoms with Crippen LogP contribution in [0.5, 0.6) is 0 Å². The van der Waals surface area contributed by atoms with Crippen LogP contribution in [0.4, 0.5) is 0 Å². The van der Waals surface area contributed by atoms with E-state index < -0.39 is 0 Å². The normalized spacial score (nSPS) is 22.4. The second-order valence-electron chi connectivity index (χ2n) is 4.17. The molecule has 1 aromatic rings. The van der Waals surface area contributed by atoms with Gasteiger partial charge < -0.3 is 10.0 Å². The third-order valence-corrected chi connectivity index (χ3v) is 3.15. The molecule has 1 aliphatic rings. The third-order valence-electron chi connectivity index (χ3n) is 3.15. The van der Waals surface area contributed by atoms with Crippen molar-refractivity contribution in [1.29, 1.82) is 0 Å². The van der Waals surface area contributed by atoms with E-state index in [1.807, 2.05) is 6.92 Å². The molecule has 1 amide bonds. The van der Waals surface area contributed by atoms with Crippen LogP contribution in [0.2, 0.25) is 0 Å². The van der Waals surface area contributed by atoms with E-state index in [1.54, 1.807) is 28.0 Å². The Labute approximate surface area is 94.7 Å². The summed E-state index contributed by atoms with van der Waals surface area (Å²) in [7, 11) is 0. The molecule has 0 bridgehead atoms. The zero-order chi connectivity index (χ0) is 11.5. The number of carbonyl (C=O) groups excluding carboxylic acids is 1. The Hall–Kier alpha value is -1.36. The molecule has 0 aliphatic carbocycles.